The van der Waals surface area contributed by atoms with E-state index in [1.807, 2.05) is 18.2 Å². The lowest BCUT2D eigenvalue weighted by Gasteiger charge is -2.03. The number of nitrogens with zero attached hydrogens (tertiary/aromatic N) is 1. The quantitative estimate of drug-likeness (QED) is 0.682. The number of imidazole rings is 1. The van der Waals surface area contributed by atoms with Gasteiger partial charge in [-0.05, 0) is 37.6 Å². The molecule has 3 aromatic rings. The van der Waals surface area contributed by atoms with Gasteiger partial charge in [0.1, 0.15) is 5.82 Å². The lowest BCUT2D eigenvalue weighted by molar-refractivity contribution is 1.29. The molecule has 0 saturated heterocycles. The second-order valence-electron chi connectivity index (χ2n) is 4.57. The van der Waals surface area contributed by atoms with E-state index in [4.69, 9.17) is 11.6 Å². The average molecular weight is 257 g/mol. The number of hydrogen-bond donors (Lipinski definition) is 1. The molecule has 0 saturated carbocycles. The van der Waals surface area contributed by atoms with Gasteiger partial charge in [0.25, 0.3) is 0 Å². The van der Waals surface area contributed by atoms with E-state index in [9.17, 15) is 0 Å². The van der Waals surface area contributed by atoms with Gasteiger partial charge in [-0.2, -0.15) is 0 Å². The van der Waals surface area contributed by atoms with Crippen LogP contribution in [0.25, 0.3) is 22.4 Å². The Hall–Kier alpha value is -1.80. The van der Waals surface area contributed by atoms with Crippen LogP contribution >= 0.6 is 11.6 Å². The monoisotopic (exact) mass is 256 g/mol. The highest BCUT2D eigenvalue weighted by atomic mass is 35.5. The Labute approximate surface area is 111 Å². The molecule has 0 atom stereocenters. The lowest BCUT2D eigenvalue weighted by atomic mass is 10.1. The third-order valence-electron chi connectivity index (χ3n) is 3.08. The van der Waals surface area contributed by atoms with Crippen molar-refractivity contribution >= 4 is 22.6 Å². The molecule has 0 aliphatic heterocycles. The van der Waals surface area contributed by atoms with Crippen LogP contribution in [-0.2, 0) is 0 Å². The van der Waals surface area contributed by atoms with Gasteiger partial charge in [0.05, 0.1) is 11.0 Å². The molecule has 90 valence electrons. The van der Waals surface area contributed by atoms with Crippen molar-refractivity contribution in [2.75, 3.05) is 0 Å². The molecule has 3 heteroatoms. The summed E-state index contributed by atoms with van der Waals surface area (Å²) in [6.07, 6.45) is 0. The fourth-order valence-electron chi connectivity index (χ4n) is 2.19. The molecule has 0 aliphatic rings. The number of fused-ring (bicyclic) bond motifs is 1. The van der Waals surface area contributed by atoms with Gasteiger partial charge in [-0.1, -0.05) is 35.4 Å². The first-order valence-corrected chi connectivity index (χ1v) is 6.24. The highest BCUT2D eigenvalue weighted by Gasteiger charge is 2.08. The Balaban J connectivity index is 2.19. The summed E-state index contributed by atoms with van der Waals surface area (Å²) < 4.78 is 0. The summed E-state index contributed by atoms with van der Waals surface area (Å²) in [7, 11) is 0. The topological polar surface area (TPSA) is 28.7 Å². The zero-order chi connectivity index (χ0) is 12.7. The number of nitrogens with one attached hydrogen (secondary N) is 1. The van der Waals surface area contributed by atoms with E-state index in [1.54, 1.807) is 0 Å². The number of rotatable bonds is 1. The fraction of sp³-hybridized carbons (Fsp3) is 0.133. The second kappa shape index (κ2) is 4.14. The van der Waals surface area contributed by atoms with E-state index in [-0.39, 0.29) is 0 Å². The Bertz CT molecular complexity index is 728. The summed E-state index contributed by atoms with van der Waals surface area (Å²) in [6, 6.07) is 12.1. The highest BCUT2D eigenvalue weighted by molar-refractivity contribution is 6.31. The first-order valence-electron chi connectivity index (χ1n) is 5.86. The zero-order valence-electron chi connectivity index (χ0n) is 10.3. The summed E-state index contributed by atoms with van der Waals surface area (Å²) in [6.45, 7) is 4.19. The summed E-state index contributed by atoms with van der Waals surface area (Å²) in [4.78, 5) is 7.92. The molecule has 1 N–H and O–H groups in total. The highest BCUT2D eigenvalue weighted by Crippen LogP contribution is 2.25. The summed E-state index contributed by atoms with van der Waals surface area (Å²) in [5.74, 6) is 0.893. The molecule has 0 unspecified atom stereocenters. The van der Waals surface area contributed by atoms with Gasteiger partial charge in [-0.15, -0.1) is 0 Å². The Kier molecular flexibility index (Phi) is 2.60. The predicted molar refractivity (Wildman–Crippen MR) is 76.0 cm³/mol. The summed E-state index contributed by atoms with van der Waals surface area (Å²) in [5, 5.41) is 0.721. The molecule has 2 nitrogen and oxygen atoms in total. The van der Waals surface area contributed by atoms with Crippen LogP contribution in [0.5, 0.6) is 0 Å². The van der Waals surface area contributed by atoms with Crippen molar-refractivity contribution in [3.8, 4) is 11.4 Å². The average Bonchev–Trinajstić information content (AvgIpc) is 2.71. The molecule has 0 spiro atoms. The molecular formula is C15H13ClN2. The van der Waals surface area contributed by atoms with E-state index < -0.39 is 0 Å². The Morgan fingerprint density at radius 1 is 1.06 bits per heavy atom. The van der Waals surface area contributed by atoms with E-state index in [0.29, 0.717) is 0 Å². The van der Waals surface area contributed by atoms with Gasteiger partial charge in [-0.3, -0.25) is 0 Å². The first-order chi connectivity index (χ1) is 8.63. The van der Waals surface area contributed by atoms with Crippen molar-refractivity contribution in [2.45, 2.75) is 13.8 Å². The molecule has 0 aliphatic carbocycles. The second-order valence-corrected chi connectivity index (χ2v) is 5.00. The van der Waals surface area contributed by atoms with Crippen LogP contribution in [0.4, 0.5) is 0 Å². The van der Waals surface area contributed by atoms with Crippen LogP contribution in [0.2, 0.25) is 5.02 Å². The molecule has 0 fully saturated rings. The van der Waals surface area contributed by atoms with E-state index in [2.05, 4.69) is 42.0 Å². The third-order valence-corrected chi connectivity index (χ3v) is 3.32. The fourth-order valence-corrected chi connectivity index (χ4v) is 2.36. The lowest BCUT2D eigenvalue weighted by Crippen LogP contribution is -1.86. The van der Waals surface area contributed by atoms with E-state index in [1.165, 1.54) is 11.1 Å². The molecule has 0 bridgehead atoms. The molecule has 0 amide bonds. The zero-order valence-corrected chi connectivity index (χ0v) is 11.0. The minimum absolute atomic E-state index is 0.721. The minimum atomic E-state index is 0.721. The van der Waals surface area contributed by atoms with Crippen LogP contribution in [0, 0.1) is 13.8 Å². The molecule has 18 heavy (non-hydrogen) atoms. The standard InChI is InChI=1S/C15H13ClN2/c1-9-3-5-12(10(2)7-9)15-17-13-6-4-11(16)8-14(13)18-15/h3-8H,1-2H3,(H,17,18). The maximum Gasteiger partial charge on any atom is 0.138 e. The van der Waals surface area contributed by atoms with Gasteiger partial charge in [0, 0.05) is 10.6 Å². The number of aromatic nitrogens is 2. The van der Waals surface area contributed by atoms with Crippen molar-refractivity contribution < 1.29 is 0 Å². The Morgan fingerprint density at radius 3 is 2.67 bits per heavy atom. The summed E-state index contributed by atoms with van der Waals surface area (Å²) >= 11 is 5.98. The normalized spacial score (nSPS) is 11.1. The van der Waals surface area contributed by atoms with Crippen LogP contribution in [0.1, 0.15) is 11.1 Å². The van der Waals surface area contributed by atoms with Gasteiger partial charge in [0.15, 0.2) is 0 Å². The van der Waals surface area contributed by atoms with Crippen molar-refractivity contribution in [1.82, 2.24) is 9.97 Å². The number of aromatic amines is 1. The van der Waals surface area contributed by atoms with Crippen molar-refractivity contribution in [3.63, 3.8) is 0 Å². The Morgan fingerprint density at radius 2 is 1.89 bits per heavy atom. The van der Waals surface area contributed by atoms with Crippen molar-refractivity contribution in [2.24, 2.45) is 0 Å². The number of halogens is 1. The molecule has 0 radical (unpaired) electrons. The molecule has 1 aromatic heterocycles. The molecular weight excluding hydrogens is 244 g/mol. The number of H-pyrrole nitrogens is 1. The number of benzene rings is 2. The number of aryl methyl sites for hydroxylation is 2. The first kappa shape index (κ1) is 11.3. The van der Waals surface area contributed by atoms with Crippen molar-refractivity contribution in [1.29, 1.82) is 0 Å². The van der Waals surface area contributed by atoms with Gasteiger partial charge in [-0.25, -0.2) is 4.98 Å². The largest absolute Gasteiger partial charge is 0.338 e. The van der Waals surface area contributed by atoms with Gasteiger partial charge in [0.2, 0.25) is 0 Å². The predicted octanol–water partition coefficient (Wildman–Crippen LogP) is 4.50. The van der Waals surface area contributed by atoms with Gasteiger partial charge >= 0.3 is 0 Å². The minimum Gasteiger partial charge on any atom is -0.338 e. The third kappa shape index (κ3) is 1.89. The SMILES string of the molecule is Cc1ccc(-c2nc3ccc(Cl)cc3[nH]2)c(C)c1. The van der Waals surface area contributed by atoms with Crippen LogP contribution < -0.4 is 0 Å². The van der Waals surface area contributed by atoms with Crippen LogP contribution in [0.3, 0.4) is 0 Å². The molecule has 3 rings (SSSR count). The maximum atomic E-state index is 5.98. The van der Waals surface area contributed by atoms with Crippen LogP contribution in [0.15, 0.2) is 36.4 Å². The van der Waals surface area contributed by atoms with E-state index in [0.717, 1.165) is 27.4 Å². The maximum absolute atomic E-state index is 5.98. The summed E-state index contributed by atoms with van der Waals surface area (Å²) in [5.41, 5.74) is 5.52. The smallest absolute Gasteiger partial charge is 0.138 e. The van der Waals surface area contributed by atoms with Gasteiger partial charge < -0.3 is 4.98 Å². The molecule has 2 aromatic carbocycles. The van der Waals surface area contributed by atoms with Crippen LogP contribution in [-0.4, -0.2) is 9.97 Å². The number of hydrogen-bond acceptors (Lipinski definition) is 1. The van der Waals surface area contributed by atoms with Crippen molar-refractivity contribution in [3.05, 3.63) is 52.5 Å². The van der Waals surface area contributed by atoms with E-state index >= 15 is 0 Å². The molecule has 1 heterocycles.